The minimum atomic E-state index is 0.102. The molecular weight excluding hydrogens is 182 g/mol. The van der Waals surface area contributed by atoms with Gasteiger partial charge < -0.3 is 9.84 Å². The molecule has 1 atom stereocenters. The zero-order valence-corrected chi connectivity index (χ0v) is 7.82. The number of nitrogens with one attached hydrogen (secondary N) is 2. The molecule has 1 aromatic rings. The van der Waals surface area contributed by atoms with Gasteiger partial charge in [0.2, 0.25) is 0 Å². The molecule has 76 valence electrons. The molecule has 2 rings (SSSR count). The van der Waals surface area contributed by atoms with E-state index in [1.165, 1.54) is 0 Å². The van der Waals surface area contributed by atoms with Gasteiger partial charge in [-0.15, -0.1) is 6.58 Å². The van der Waals surface area contributed by atoms with E-state index in [4.69, 9.17) is 9.36 Å². The highest BCUT2D eigenvalue weighted by Gasteiger charge is 2.23. The molecular formula is C9H13N3O2. The Morgan fingerprint density at radius 3 is 3.64 bits per heavy atom. The SMILES string of the molecule is C=CCONC1CNCc2oncc21. The van der Waals surface area contributed by atoms with E-state index in [1.54, 1.807) is 12.3 Å². The van der Waals surface area contributed by atoms with Crippen LogP contribution in [0.3, 0.4) is 0 Å². The summed E-state index contributed by atoms with van der Waals surface area (Å²) in [6.45, 7) is 5.59. The van der Waals surface area contributed by atoms with Crippen molar-refractivity contribution in [3.63, 3.8) is 0 Å². The number of fused-ring (bicyclic) bond motifs is 1. The van der Waals surface area contributed by atoms with Gasteiger partial charge in [-0.25, -0.2) is 0 Å². The molecule has 0 aliphatic carbocycles. The summed E-state index contributed by atoms with van der Waals surface area (Å²) in [5, 5.41) is 6.95. The molecule has 5 nitrogen and oxygen atoms in total. The molecule has 1 aliphatic rings. The Kier molecular flexibility index (Phi) is 2.93. The summed E-state index contributed by atoms with van der Waals surface area (Å²) in [7, 11) is 0. The zero-order chi connectivity index (χ0) is 9.80. The number of nitrogens with zero attached hydrogens (tertiary/aromatic N) is 1. The summed E-state index contributed by atoms with van der Waals surface area (Å²) < 4.78 is 5.06. The van der Waals surface area contributed by atoms with Crippen LogP contribution >= 0.6 is 0 Å². The Morgan fingerprint density at radius 1 is 1.86 bits per heavy atom. The molecule has 14 heavy (non-hydrogen) atoms. The number of rotatable bonds is 4. The minimum absolute atomic E-state index is 0.102. The van der Waals surface area contributed by atoms with Crippen molar-refractivity contribution in [2.75, 3.05) is 13.2 Å². The second-order valence-electron chi connectivity index (χ2n) is 3.11. The van der Waals surface area contributed by atoms with Crippen molar-refractivity contribution in [1.82, 2.24) is 16.0 Å². The standard InChI is InChI=1S/C9H13N3O2/c1-2-3-13-12-8-5-10-6-9-7(8)4-11-14-9/h2,4,8,10,12H,1,3,5-6H2. The monoisotopic (exact) mass is 195 g/mol. The summed E-state index contributed by atoms with van der Waals surface area (Å²) in [5.41, 5.74) is 3.99. The Labute approximate surface area is 82.1 Å². The Hall–Kier alpha value is -1.17. The van der Waals surface area contributed by atoms with E-state index < -0.39 is 0 Å². The van der Waals surface area contributed by atoms with Crippen LogP contribution in [0.15, 0.2) is 23.4 Å². The van der Waals surface area contributed by atoms with Crippen molar-refractivity contribution in [2.24, 2.45) is 0 Å². The third kappa shape index (κ3) is 1.84. The molecule has 0 fully saturated rings. The van der Waals surface area contributed by atoms with Crippen molar-refractivity contribution in [1.29, 1.82) is 0 Å². The Morgan fingerprint density at radius 2 is 2.79 bits per heavy atom. The smallest absolute Gasteiger partial charge is 0.155 e. The fourth-order valence-corrected chi connectivity index (χ4v) is 1.44. The lowest BCUT2D eigenvalue weighted by Crippen LogP contribution is -2.35. The third-order valence-corrected chi connectivity index (χ3v) is 2.11. The van der Waals surface area contributed by atoms with Gasteiger partial charge in [0, 0.05) is 12.1 Å². The van der Waals surface area contributed by atoms with Crippen molar-refractivity contribution < 1.29 is 9.36 Å². The van der Waals surface area contributed by atoms with Gasteiger partial charge in [-0.05, 0) is 0 Å². The summed E-state index contributed by atoms with van der Waals surface area (Å²) >= 11 is 0. The van der Waals surface area contributed by atoms with Crippen molar-refractivity contribution >= 4 is 0 Å². The molecule has 1 aromatic heterocycles. The molecule has 1 aliphatic heterocycles. The highest BCUT2D eigenvalue weighted by molar-refractivity contribution is 5.20. The molecule has 2 N–H and O–H groups in total. The molecule has 0 amide bonds. The lowest BCUT2D eigenvalue weighted by atomic mass is 10.1. The van der Waals surface area contributed by atoms with Gasteiger partial charge in [0.05, 0.1) is 25.4 Å². The Balaban J connectivity index is 1.98. The minimum Gasteiger partial charge on any atom is -0.360 e. The Bertz CT molecular complexity index is 311. The molecule has 0 spiro atoms. The van der Waals surface area contributed by atoms with Crippen molar-refractivity contribution in [3.05, 3.63) is 30.2 Å². The quantitative estimate of drug-likeness (QED) is 0.417. The van der Waals surface area contributed by atoms with Crippen LogP contribution in [-0.4, -0.2) is 18.3 Å². The number of aromatic nitrogens is 1. The van der Waals surface area contributed by atoms with Gasteiger partial charge in [0.1, 0.15) is 0 Å². The maximum atomic E-state index is 5.17. The van der Waals surface area contributed by atoms with Gasteiger partial charge >= 0.3 is 0 Å². The van der Waals surface area contributed by atoms with Crippen LogP contribution < -0.4 is 10.8 Å². The maximum absolute atomic E-state index is 5.17. The van der Waals surface area contributed by atoms with E-state index in [2.05, 4.69) is 22.5 Å². The van der Waals surface area contributed by atoms with Crippen LogP contribution in [0.4, 0.5) is 0 Å². The molecule has 0 saturated heterocycles. The van der Waals surface area contributed by atoms with E-state index in [9.17, 15) is 0 Å². The molecule has 2 heterocycles. The fraction of sp³-hybridized carbons (Fsp3) is 0.444. The summed E-state index contributed by atoms with van der Waals surface area (Å²) in [6.07, 6.45) is 3.42. The van der Waals surface area contributed by atoms with Crippen LogP contribution in [0.1, 0.15) is 17.4 Å². The van der Waals surface area contributed by atoms with Gasteiger partial charge in [-0.1, -0.05) is 11.2 Å². The first-order valence-corrected chi connectivity index (χ1v) is 4.54. The van der Waals surface area contributed by atoms with E-state index in [0.29, 0.717) is 6.61 Å². The zero-order valence-electron chi connectivity index (χ0n) is 7.82. The lowest BCUT2D eigenvalue weighted by Gasteiger charge is -2.21. The highest BCUT2D eigenvalue weighted by Crippen LogP contribution is 2.20. The summed E-state index contributed by atoms with van der Waals surface area (Å²) in [5.74, 6) is 0.871. The fourth-order valence-electron chi connectivity index (χ4n) is 1.44. The predicted octanol–water partition coefficient (Wildman–Crippen LogP) is 0.526. The highest BCUT2D eigenvalue weighted by atomic mass is 16.6. The van der Waals surface area contributed by atoms with Gasteiger partial charge in [-0.3, -0.25) is 4.84 Å². The molecule has 0 saturated carbocycles. The first-order chi connectivity index (χ1) is 6.92. The third-order valence-electron chi connectivity index (χ3n) is 2.11. The van der Waals surface area contributed by atoms with E-state index in [-0.39, 0.29) is 6.04 Å². The second kappa shape index (κ2) is 4.36. The van der Waals surface area contributed by atoms with E-state index >= 15 is 0 Å². The van der Waals surface area contributed by atoms with Crippen molar-refractivity contribution in [2.45, 2.75) is 12.6 Å². The number of hydrogen-bond acceptors (Lipinski definition) is 5. The van der Waals surface area contributed by atoms with Crippen LogP contribution in [0.5, 0.6) is 0 Å². The predicted molar refractivity (Wildman–Crippen MR) is 50.2 cm³/mol. The van der Waals surface area contributed by atoms with E-state index in [0.717, 1.165) is 24.4 Å². The average Bonchev–Trinajstić information content (AvgIpc) is 2.67. The normalized spacial score (nSPS) is 20.4. The summed E-state index contributed by atoms with van der Waals surface area (Å²) in [6, 6.07) is 0.102. The largest absolute Gasteiger partial charge is 0.360 e. The molecule has 0 bridgehead atoms. The van der Waals surface area contributed by atoms with Gasteiger partial charge in [0.15, 0.2) is 5.76 Å². The molecule has 5 heteroatoms. The first kappa shape index (κ1) is 9.39. The van der Waals surface area contributed by atoms with Crippen molar-refractivity contribution in [3.8, 4) is 0 Å². The lowest BCUT2D eigenvalue weighted by molar-refractivity contribution is 0.0317. The van der Waals surface area contributed by atoms with Crippen LogP contribution in [0, 0.1) is 0 Å². The molecule has 0 aromatic carbocycles. The van der Waals surface area contributed by atoms with Gasteiger partial charge in [0.25, 0.3) is 0 Å². The van der Waals surface area contributed by atoms with E-state index in [1.807, 2.05) is 0 Å². The topological polar surface area (TPSA) is 59.3 Å². The molecule has 0 radical (unpaired) electrons. The van der Waals surface area contributed by atoms with Gasteiger partial charge in [-0.2, -0.15) is 5.48 Å². The average molecular weight is 195 g/mol. The van der Waals surface area contributed by atoms with Crippen LogP contribution in [0.25, 0.3) is 0 Å². The maximum Gasteiger partial charge on any atom is 0.155 e. The summed E-state index contributed by atoms with van der Waals surface area (Å²) in [4.78, 5) is 5.17. The number of hydroxylamine groups is 1. The first-order valence-electron chi connectivity index (χ1n) is 4.54. The van der Waals surface area contributed by atoms with Crippen LogP contribution in [0.2, 0.25) is 0 Å². The number of hydrogen-bond donors (Lipinski definition) is 2. The molecule has 1 unspecified atom stereocenters. The second-order valence-corrected chi connectivity index (χ2v) is 3.11. The van der Waals surface area contributed by atoms with Crippen LogP contribution in [-0.2, 0) is 11.4 Å².